The van der Waals surface area contributed by atoms with Gasteiger partial charge in [0.25, 0.3) is 0 Å². The molecule has 1 aliphatic heterocycles. The SMILES string of the molecule is Cc1cc(C=O)cnc1N1CCc2ccc(F)cc21. The van der Waals surface area contributed by atoms with Gasteiger partial charge < -0.3 is 4.90 Å². The van der Waals surface area contributed by atoms with Gasteiger partial charge in [-0.3, -0.25) is 4.79 Å². The minimum atomic E-state index is -0.243. The maximum Gasteiger partial charge on any atom is 0.151 e. The van der Waals surface area contributed by atoms with Crippen LogP contribution < -0.4 is 4.90 Å². The summed E-state index contributed by atoms with van der Waals surface area (Å²) < 4.78 is 13.4. The van der Waals surface area contributed by atoms with Gasteiger partial charge in [-0.15, -0.1) is 0 Å². The number of rotatable bonds is 2. The number of hydrogen-bond acceptors (Lipinski definition) is 3. The van der Waals surface area contributed by atoms with Gasteiger partial charge in [-0.25, -0.2) is 9.37 Å². The summed E-state index contributed by atoms with van der Waals surface area (Å²) in [5.41, 5.74) is 3.47. The molecule has 0 N–H and O–H groups in total. The number of pyridine rings is 1. The first-order valence-corrected chi connectivity index (χ1v) is 6.17. The van der Waals surface area contributed by atoms with Crippen molar-refractivity contribution < 1.29 is 9.18 Å². The van der Waals surface area contributed by atoms with Crippen LogP contribution in [0.4, 0.5) is 15.9 Å². The fourth-order valence-corrected chi connectivity index (χ4v) is 2.51. The molecule has 1 aliphatic rings. The summed E-state index contributed by atoms with van der Waals surface area (Å²) >= 11 is 0. The average Bonchev–Trinajstić information content (AvgIpc) is 2.81. The third-order valence-electron chi connectivity index (χ3n) is 3.41. The second-order valence-electron chi connectivity index (χ2n) is 4.70. The van der Waals surface area contributed by atoms with Crippen molar-refractivity contribution in [3.63, 3.8) is 0 Å². The zero-order valence-corrected chi connectivity index (χ0v) is 10.6. The number of carbonyl (C=O) groups excluding carboxylic acids is 1. The number of aldehydes is 1. The lowest BCUT2D eigenvalue weighted by atomic mass is 10.1. The largest absolute Gasteiger partial charge is 0.325 e. The number of anilines is 2. The summed E-state index contributed by atoms with van der Waals surface area (Å²) in [5.74, 6) is 0.544. The summed E-state index contributed by atoms with van der Waals surface area (Å²) in [4.78, 5) is 17.1. The lowest BCUT2D eigenvalue weighted by Gasteiger charge is -2.20. The minimum Gasteiger partial charge on any atom is -0.325 e. The maximum absolute atomic E-state index is 13.4. The van der Waals surface area contributed by atoms with Gasteiger partial charge in [-0.05, 0) is 42.7 Å². The molecule has 0 radical (unpaired) electrons. The predicted octanol–water partition coefficient (Wildman–Crippen LogP) is 3.04. The molecule has 0 fully saturated rings. The molecule has 0 aliphatic carbocycles. The molecule has 4 heteroatoms. The molecular weight excluding hydrogens is 243 g/mol. The van der Waals surface area contributed by atoms with Crippen LogP contribution in [-0.4, -0.2) is 17.8 Å². The molecule has 96 valence electrons. The Kier molecular flexibility index (Phi) is 2.78. The summed E-state index contributed by atoms with van der Waals surface area (Å²) in [6, 6.07) is 6.64. The van der Waals surface area contributed by atoms with E-state index in [1.165, 1.54) is 12.1 Å². The summed E-state index contributed by atoms with van der Waals surface area (Å²) in [6.07, 6.45) is 3.21. The van der Waals surface area contributed by atoms with Crippen molar-refractivity contribution in [2.45, 2.75) is 13.3 Å². The van der Waals surface area contributed by atoms with Crippen molar-refractivity contribution in [2.24, 2.45) is 0 Å². The Labute approximate surface area is 110 Å². The van der Waals surface area contributed by atoms with Gasteiger partial charge >= 0.3 is 0 Å². The average molecular weight is 256 g/mol. The van der Waals surface area contributed by atoms with Crippen LogP contribution >= 0.6 is 0 Å². The molecule has 0 amide bonds. The lowest BCUT2D eigenvalue weighted by Crippen LogP contribution is -2.16. The smallest absolute Gasteiger partial charge is 0.151 e. The third kappa shape index (κ3) is 1.99. The normalized spacial score (nSPS) is 13.5. The van der Waals surface area contributed by atoms with E-state index < -0.39 is 0 Å². The highest BCUT2D eigenvalue weighted by Gasteiger charge is 2.23. The molecule has 2 aromatic rings. The van der Waals surface area contributed by atoms with Crippen LogP contribution in [0.1, 0.15) is 21.5 Å². The highest BCUT2D eigenvalue weighted by molar-refractivity contribution is 5.77. The third-order valence-corrected chi connectivity index (χ3v) is 3.41. The van der Waals surface area contributed by atoms with Gasteiger partial charge in [0.05, 0.1) is 0 Å². The Morgan fingerprint density at radius 2 is 2.21 bits per heavy atom. The molecule has 0 saturated carbocycles. The molecule has 0 saturated heterocycles. The van der Waals surface area contributed by atoms with Crippen molar-refractivity contribution in [1.29, 1.82) is 0 Å². The number of fused-ring (bicyclic) bond motifs is 1. The van der Waals surface area contributed by atoms with Gasteiger partial charge in [0, 0.05) is 24.0 Å². The van der Waals surface area contributed by atoms with Crippen LogP contribution in [-0.2, 0) is 6.42 Å². The highest BCUT2D eigenvalue weighted by atomic mass is 19.1. The summed E-state index contributed by atoms with van der Waals surface area (Å²) in [6.45, 7) is 2.69. The first-order valence-electron chi connectivity index (χ1n) is 6.17. The lowest BCUT2D eigenvalue weighted by molar-refractivity contribution is 0.112. The van der Waals surface area contributed by atoms with E-state index in [2.05, 4.69) is 4.98 Å². The van der Waals surface area contributed by atoms with Crippen LogP contribution in [0.25, 0.3) is 0 Å². The van der Waals surface area contributed by atoms with Gasteiger partial charge in [-0.1, -0.05) is 6.07 Å². The molecular formula is C15H13FN2O. The Morgan fingerprint density at radius 3 is 2.95 bits per heavy atom. The fourth-order valence-electron chi connectivity index (χ4n) is 2.51. The molecule has 1 aromatic carbocycles. The summed E-state index contributed by atoms with van der Waals surface area (Å²) in [7, 11) is 0. The van der Waals surface area contributed by atoms with E-state index in [0.717, 1.165) is 41.9 Å². The van der Waals surface area contributed by atoms with E-state index in [-0.39, 0.29) is 5.82 Å². The molecule has 19 heavy (non-hydrogen) atoms. The maximum atomic E-state index is 13.4. The molecule has 0 atom stereocenters. The van der Waals surface area contributed by atoms with Crippen LogP contribution in [0.15, 0.2) is 30.5 Å². The number of aryl methyl sites for hydroxylation is 1. The Hall–Kier alpha value is -2.23. The van der Waals surface area contributed by atoms with Crippen LogP contribution in [0.3, 0.4) is 0 Å². The number of benzene rings is 1. The Balaban J connectivity index is 2.06. The van der Waals surface area contributed by atoms with E-state index in [1.807, 2.05) is 17.9 Å². The molecule has 2 heterocycles. The van der Waals surface area contributed by atoms with Gasteiger partial charge in [-0.2, -0.15) is 0 Å². The van der Waals surface area contributed by atoms with Crippen molar-refractivity contribution in [1.82, 2.24) is 4.98 Å². The highest BCUT2D eigenvalue weighted by Crippen LogP contribution is 2.35. The van der Waals surface area contributed by atoms with Crippen molar-refractivity contribution in [3.05, 3.63) is 53.0 Å². The molecule has 0 bridgehead atoms. The van der Waals surface area contributed by atoms with Gasteiger partial charge in [0.15, 0.2) is 6.29 Å². The number of halogens is 1. The second kappa shape index (κ2) is 4.46. The van der Waals surface area contributed by atoms with Crippen LogP contribution in [0.5, 0.6) is 0 Å². The Bertz CT molecular complexity index is 655. The Morgan fingerprint density at radius 1 is 1.37 bits per heavy atom. The number of aromatic nitrogens is 1. The second-order valence-corrected chi connectivity index (χ2v) is 4.70. The molecule has 1 aromatic heterocycles. The fraction of sp³-hybridized carbons (Fsp3) is 0.200. The molecule has 0 unspecified atom stereocenters. The number of nitrogens with zero attached hydrogens (tertiary/aromatic N) is 2. The van der Waals surface area contributed by atoms with E-state index in [0.29, 0.717) is 5.56 Å². The van der Waals surface area contributed by atoms with Crippen LogP contribution in [0.2, 0.25) is 0 Å². The zero-order chi connectivity index (χ0) is 13.4. The van der Waals surface area contributed by atoms with Gasteiger partial charge in [0.2, 0.25) is 0 Å². The van der Waals surface area contributed by atoms with Crippen LogP contribution in [0, 0.1) is 12.7 Å². The van der Waals surface area contributed by atoms with Crippen molar-refractivity contribution in [3.8, 4) is 0 Å². The first kappa shape index (κ1) is 11.8. The van der Waals surface area contributed by atoms with E-state index in [1.54, 1.807) is 12.3 Å². The molecule has 3 rings (SSSR count). The van der Waals surface area contributed by atoms with E-state index in [9.17, 15) is 9.18 Å². The zero-order valence-electron chi connectivity index (χ0n) is 10.6. The number of carbonyl (C=O) groups is 1. The van der Waals surface area contributed by atoms with Gasteiger partial charge in [0.1, 0.15) is 11.6 Å². The van der Waals surface area contributed by atoms with Crippen molar-refractivity contribution >= 4 is 17.8 Å². The first-order chi connectivity index (χ1) is 9.19. The van der Waals surface area contributed by atoms with Crippen molar-refractivity contribution in [2.75, 3.05) is 11.4 Å². The predicted molar refractivity (Wildman–Crippen MR) is 71.5 cm³/mol. The number of hydrogen-bond donors (Lipinski definition) is 0. The monoisotopic (exact) mass is 256 g/mol. The summed E-state index contributed by atoms with van der Waals surface area (Å²) in [5, 5.41) is 0. The van der Waals surface area contributed by atoms with E-state index in [4.69, 9.17) is 0 Å². The van der Waals surface area contributed by atoms with E-state index >= 15 is 0 Å². The molecule has 3 nitrogen and oxygen atoms in total. The molecule has 0 spiro atoms. The standard InChI is InChI=1S/C15H13FN2O/c1-10-6-11(9-19)8-17-15(10)18-5-4-12-2-3-13(16)7-14(12)18/h2-3,6-9H,4-5H2,1H3. The topological polar surface area (TPSA) is 33.2 Å². The quantitative estimate of drug-likeness (QED) is 0.774. The minimum absolute atomic E-state index is 0.243.